The zero-order valence-corrected chi connectivity index (χ0v) is 20.8. The summed E-state index contributed by atoms with van der Waals surface area (Å²) in [5.74, 6) is 0.980. The molecule has 0 saturated carbocycles. The summed E-state index contributed by atoms with van der Waals surface area (Å²) in [5, 5.41) is 12.5. The fourth-order valence-corrected chi connectivity index (χ4v) is 3.25. The van der Waals surface area contributed by atoms with Crippen molar-refractivity contribution in [2.75, 3.05) is 39.9 Å². The summed E-state index contributed by atoms with van der Waals surface area (Å²) in [6.07, 6.45) is 5.52. The number of aliphatic hydroxyl groups excluding tert-OH is 1. The SMILES string of the molecule is [B]=C(NCc1ccc(OCC(C)CO)cc1)N(CC(C=C)C/C=C/F)C(C)CCN(C)CC. The Bertz CT molecular complexity index is 714. The number of hydrogen-bond acceptors (Lipinski definition) is 5. The van der Waals surface area contributed by atoms with E-state index in [0.29, 0.717) is 38.2 Å². The molecule has 0 heterocycles. The molecule has 0 aromatic heterocycles. The van der Waals surface area contributed by atoms with Crippen molar-refractivity contribution < 1.29 is 14.2 Å². The van der Waals surface area contributed by atoms with Crippen LogP contribution in [0.1, 0.15) is 39.2 Å². The number of nitrogens with zero attached hydrogens (tertiary/aromatic N) is 2. The van der Waals surface area contributed by atoms with Gasteiger partial charge in [-0.2, -0.15) is 0 Å². The number of allylic oxidation sites excluding steroid dienone is 1. The Labute approximate surface area is 201 Å². The molecule has 5 nitrogen and oxygen atoms in total. The van der Waals surface area contributed by atoms with E-state index in [9.17, 15) is 4.39 Å². The van der Waals surface area contributed by atoms with Crippen molar-refractivity contribution in [3.8, 4) is 5.75 Å². The van der Waals surface area contributed by atoms with E-state index in [4.69, 9.17) is 17.3 Å². The van der Waals surface area contributed by atoms with Gasteiger partial charge >= 0.3 is 201 Å². The van der Waals surface area contributed by atoms with Crippen LogP contribution in [-0.4, -0.2) is 74.0 Å². The van der Waals surface area contributed by atoms with Gasteiger partial charge < -0.3 is 0 Å². The summed E-state index contributed by atoms with van der Waals surface area (Å²) in [5.41, 5.74) is 1.69. The van der Waals surface area contributed by atoms with Gasteiger partial charge in [0.25, 0.3) is 0 Å². The zero-order chi connectivity index (χ0) is 24.6. The number of hydrogen-bond donors (Lipinski definition) is 2. The molecule has 7 heteroatoms. The number of aliphatic hydroxyl groups is 1. The Kier molecular flexibility index (Phi) is 14.5. The predicted molar refractivity (Wildman–Crippen MR) is 138 cm³/mol. The minimum absolute atomic E-state index is 0.0986. The van der Waals surface area contributed by atoms with Crippen LogP contribution in [0.5, 0.6) is 5.75 Å². The van der Waals surface area contributed by atoms with Crippen LogP contribution in [0.4, 0.5) is 4.39 Å². The Morgan fingerprint density at radius 1 is 1.30 bits per heavy atom. The molecule has 1 rings (SSSR count). The monoisotopic (exact) mass is 458 g/mol. The van der Waals surface area contributed by atoms with Gasteiger partial charge in [-0.3, -0.25) is 0 Å². The molecular formula is C26H42BFN3O2. The Balaban J connectivity index is 2.75. The van der Waals surface area contributed by atoms with Gasteiger partial charge in [0, 0.05) is 0 Å². The van der Waals surface area contributed by atoms with E-state index in [1.165, 1.54) is 6.08 Å². The fraction of sp³-hybridized carbons (Fsp3) is 0.577. The zero-order valence-electron chi connectivity index (χ0n) is 20.8. The molecule has 0 fully saturated rings. The van der Waals surface area contributed by atoms with Crippen molar-refractivity contribution in [1.29, 1.82) is 0 Å². The van der Waals surface area contributed by atoms with Gasteiger partial charge in [-0.05, 0) is 0 Å². The van der Waals surface area contributed by atoms with E-state index < -0.39 is 0 Å². The topological polar surface area (TPSA) is 48.0 Å². The van der Waals surface area contributed by atoms with Crippen LogP contribution in [0, 0.1) is 11.8 Å². The predicted octanol–water partition coefficient (Wildman–Crippen LogP) is 3.75. The van der Waals surface area contributed by atoms with Gasteiger partial charge in [0.15, 0.2) is 0 Å². The molecule has 0 bridgehead atoms. The molecule has 3 atom stereocenters. The van der Waals surface area contributed by atoms with E-state index in [1.54, 1.807) is 0 Å². The first-order valence-electron chi connectivity index (χ1n) is 11.9. The van der Waals surface area contributed by atoms with E-state index in [-0.39, 0.29) is 24.5 Å². The maximum atomic E-state index is 12.5. The molecule has 0 aliphatic rings. The molecule has 1 radical (unpaired) electrons. The molecule has 0 aliphatic heterocycles. The first-order chi connectivity index (χ1) is 15.8. The molecule has 1 aromatic carbocycles. The van der Waals surface area contributed by atoms with Gasteiger partial charge in [-0.1, -0.05) is 0 Å². The minimum atomic E-state index is 0.0986. The summed E-state index contributed by atoms with van der Waals surface area (Å²) >= 11 is 0. The van der Waals surface area contributed by atoms with Crippen LogP contribution < -0.4 is 10.1 Å². The molecule has 0 aliphatic carbocycles. The van der Waals surface area contributed by atoms with E-state index in [0.717, 1.165) is 30.8 Å². The van der Waals surface area contributed by atoms with Gasteiger partial charge in [0.1, 0.15) is 0 Å². The second-order valence-corrected chi connectivity index (χ2v) is 8.76. The number of halogens is 1. The fourth-order valence-electron chi connectivity index (χ4n) is 3.25. The van der Waals surface area contributed by atoms with Gasteiger partial charge in [-0.25, -0.2) is 0 Å². The molecule has 1 aromatic rings. The average Bonchev–Trinajstić information content (AvgIpc) is 2.84. The van der Waals surface area contributed by atoms with Gasteiger partial charge in [-0.15, -0.1) is 0 Å². The molecule has 0 saturated heterocycles. The second-order valence-electron chi connectivity index (χ2n) is 8.76. The third kappa shape index (κ3) is 11.5. The molecule has 0 amide bonds. The van der Waals surface area contributed by atoms with Crippen molar-refractivity contribution in [3.63, 3.8) is 0 Å². The standard InChI is InChI=1S/C26H42BFN3O2/c1-6-23(9-8-15-28)18-31(22(4)14-16-30(5)7-2)26(27)29-17-24-10-12-25(13-11-24)33-20-21(3)19-32/h6,8,10-13,15,21-23,29,32H,1,7,9,14,16-20H2,2-5H3/b15-8+. The van der Waals surface area contributed by atoms with E-state index in [2.05, 4.69) is 42.6 Å². The van der Waals surface area contributed by atoms with Crippen molar-refractivity contribution in [2.45, 2.75) is 46.2 Å². The molecule has 33 heavy (non-hydrogen) atoms. The number of rotatable bonds is 18. The van der Waals surface area contributed by atoms with Crippen molar-refractivity contribution >= 4 is 13.2 Å². The van der Waals surface area contributed by atoms with Crippen molar-refractivity contribution in [3.05, 3.63) is 54.9 Å². The van der Waals surface area contributed by atoms with Gasteiger partial charge in [0.2, 0.25) is 0 Å². The van der Waals surface area contributed by atoms with Crippen LogP contribution in [0.25, 0.3) is 0 Å². The second kappa shape index (κ2) is 16.5. The van der Waals surface area contributed by atoms with Gasteiger partial charge in [0.05, 0.1) is 0 Å². The van der Waals surface area contributed by atoms with Crippen molar-refractivity contribution in [2.24, 2.45) is 11.8 Å². The van der Waals surface area contributed by atoms with E-state index in [1.807, 2.05) is 37.3 Å². The third-order valence-electron chi connectivity index (χ3n) is 5.85. The Hall–Kier alpha value is -2.12. The Morgan fingerprint density at radius 3 is 2.58 bits per heavy atom. The van der Waals surface area contributed by atoms with Crippen LogP contribution in [0.3, 0.4) is 0 Å². The summed E-state index contributed by atoms with van der Waals surface area (Å²) in [6.45, 7) is 14.0. The number of benzene rings is 1. The number of ether oxygens (including phenoxy) is 1. The third-order valence-corrected chi connectivity index (χ3v) is 5.85. The van der Waals surface area contributed by atoms with Crippen LogP contribution >= 0.6 is 0 Å². The Morgan fingerprint density at radius 2 is 2.00 bits per heavy atom. The first kappa shape index (κ1) is 28.9. The van der Waals surface area contributed by atoms with Crippen LogP contribution in [0.2, 0.25) is 0 Å². The summed E-state index contributed by atoms with van der Waals surface area (Å²) in [6, 6.07) is 8.07. The molecule has 3 unspecified atom stereocenters. The number of nitrogens with one attached hydrogen (secondary N) is 1. The molecule has 2 N–H and O–H groups in total. The summed E-state index contributed by atoms with van der Waals surface area (Å²) in [7, 11) is 8.62. The van der Waals surface area contributed by atoms with Crippen LogP contribution in [-0.2, 0) is 6.54 Å². The van der Waals surface area contributed by atoms with Crippen molar-refractivity contribution in [1.82, 2.24) is 15.1 Å². The molecule has 183 valence electrons. The van der Waals surface area contributed by atoms with Crippen LogP contribution in [0.15, 0.2) is 49.3 Å². The first-order valence-corrected chi connectivity index (χ1v) is 11.9. The quantitative estimate of drug-likeness (QED) is 0.259. The normalized spacial score (nSPS) is 14.1. The van der Waals surface area contributed by atoms with E-state index >= 15 is 0 Å². The molecular weight excluding hydrogens is 416 g/mol. The molecule has 0 spiro atoms. The summed E-state index contributed by atoms with van der Waals surface area (Å²) in [4.78, 5) is 4.44. The maximum absolute atomic E-state index is 12.5. The average molecular weight is 458 g/mol. The summed E-state index contributed by atoms with van der Waals surface area (Å²) < 4.78 is 18.2.